The summed E-state index contributed by atoms with van der Waals surface area (Å²) in [5.41, 5.74) is -0.943. The molecule has 1 aromatic rings. The highest BCUT2D eigenvalue weighted by Crippen LogP contribution is 2.23. The first kappa shape index (κ1) is 13.9. The SMILES string of the molecule is CN(C(=O)c1c(F)cccc1Cl)C(C)(C)CO. The number of amides is 1. The predicted octanol–water partition coefficient (Wildman–Crippen LogP) is 2.32. The lowest BCUT2D eigenvalue weighted by Gasteiger charge is -2.34. The Labute approximate surface area is 105 Å². The molecule has 1 aromatic carbocycles. The molecule has 3 nitrogen and oxygen atoms in total. The van der Waals surface area contributed by atoms with Crippen molar-refractivity contribution in [3.8, 4) is 0 Å². The fourth-order valence-corrected chi connectivity index (χ4v) is 1.49. The average Bonchev–Trinajstić information content (AvgIpc) is 2.27. The lowest BCUT2D eigenvalue weighted by molar-refractivity contribution is 0.0469. The first-order valence-electron chi connectivity index (χ1n) is 5.14. The molecule has 1 amide bonds. The number of benzene rings is 1. The molecule has 1 rings (SSSR count). The van der Waals surface area contributed by atoms with Gasteiger partial charge in [-0.1, -0.05) is 17.7 Å². The van der Waals surface area contributed by atoms with Crippen LogP contribution in [-0.4, -0.2) is 35.1 Å². The number of nitrogens with zero attached hydrogens (tertiary/aromatic N) is 1. The number of hydrogen-bond donors (Lipinski definition) is 1. The molecule has 1 N–H and O–H groups in total. The fraction of sp³-hybridized carbons (Fsp3) is 0.417. The van der Waals surface area contributed by atoms with E-state index in [9.17, 15) is 14.3 Å². The molecule has 0 fully saturated rings. The van der Waals surface area contributed by atoms with Gasteiger partial charge in [0.2, 0.25) is 0 Å². The van der Waals surface area contributed by atoms with Gasteiger partial charge in [-0.3, -0.25) is 4.79 Å². The topological polar surface area (TPSA) is 40.5 Å². The van der Waals surface area contributed by atoms with Gasteiger partial charge in [-0.05, 0) is 26.0 Å². The number of aliphatic hydroxyl groups excluding tert-OH is 1. The van der Waals surface area contributed by atoms with Crippen molar-refractivity contribution in [3.05, 3.63) is 34.6 Å². The highest BCUT2D eigenvalue weighted by atomic mass is 35.5. The highest BCUT2D eigenvalue weighted by molar-refractivity contribution is 6.33. The van der Waals surface area contributed by atoms with E-state index in [0.29, 0.717) is 0 Å². The molecule has 17 heavy (non-hydrogen) atoms. The summed E-state index contributed by atoms with van der Waals surface area (Å²) in [6, 6.07) is 4.07. The average molecular weight is 260 g/mol. The number of aliphatic hydroxyl groups is 1. The van der Waals surface area contributed by atoms with Gasteiger partial charge in [-0.15, -0.1) is 0 Å². The smallest absolute Gasteiger partial charge is 0.258 e. The monoisotopic (exact) mass is 259 g/mol. The van der Waals surface area contributed by atoms with Crippen molar-refractivity contribution in [2.24, 2.45) is 0 Å². The second-order valence-electron chi connectivity index (χ2n) is 4.43. The molecule has 0 aromatic heterocycles. The van der Waals surface area contributed by atoms with Gasteiger partial charge in [0.15, 0.2) is 0 Å². The second-order valence-corrected chi connectivity index (χ2v) is 4.84. The number of halogens is 2. The number of likely N-dealkylation sites (N-methyl/N-ethyl adjacent to an activating group) is 1. The Morgan fingerprint density at radius 2 is 2.12 bits per heavy atom. The van der Waals surface area contributed by atoms with Crippen LogP contribution in [0.3, 0.4) is 0 Å². The molecule has 0 spiro atoms. The normalized spacial score (nSPS) is 11.4. The quantitative estimate of drug-likeness (QED) is 0.905. The summed E-state index contributed by atoms with van der Waals surface area (Å²) in [6.45, 7) is 3.14. The van der Waals surface area contributed by atoms with Crippen molar-refractivity contribution in [1.29, 1.82) is 0 Å². The van der Waals surface area contributed by atoms with Crippen molar-refractivity contribution >= 4 is 17.5 Å². The largest absolute Gasteiger partial charge is 0.394 e. The molecule has 0 saturated carbocycles. The van der Waals surface area contributed by atoms with Crippen molar-refractivity contribution in [2.75, 3.05) is 13.7 Å². The van der Waals surface area contributed by atoms with E-state index in [4.69, 9.17) is 11.6 Å². The van der Waals surface area contributed by atoms with E-state index >= 15 is 0 Å². The molecule has 94 valence electrons. The van der Waals surface area contributed by atoms with Crippen LogP contribution in [0, 0.1) is 5.82 Å². The van der Waals surface area contributed by atoms with Crippen LogP contribution < -0.4 is 0 Å². The van der Waals surface area contributed by atoms with Crippen molar-refractivity contribution in [2.45, 2.75) is 19.4 Å². The Hall–Kier alpha value is -1.13. The maximum absolute atomic E-state index is 13.6. The van der Waals surface area contributed by atoms with Gasteiger partial charge in [0.05, 0.1) is 22.7 Å². The first-order valence-corrected chi connectivity index (χ1v) is 5.52. The predicted molar refractivity (Wildman–Crippen MR) is 64.7 cm³/mol. The van der Waals surface area contributed by atoms with E-state index in [2.05, 4.69) is 0 Å². The summed E-state index contributed by atoms with van der Waals surface area (Å²) in [5.74, 6) is -1.21. The van der Waals surface area contributed by atoms with Crippen LogP contribution in [0.1, 0.15) is 24.2 Å². The zero-order valence-corrected chi connectivity index (χ0v) is 10.8. The van der Waals surface area contributed by atoms with Gasteiger partial charge in [0.1, 0.15) is 5.82 Å². The summed E-state index contributed by atoms with van der Waals surface area (Å²) in [6.07, 6.45) is 0. The summed E-state index contributed by atoms with van der Waals surface area (Å²) < 4.78 is 13.6. The van der Waals surface area contributed by atoms with Crippen LogP contribution in [-0.2, 0) is 0 Å². The standard InChI is InChI=1S/C12H15ClFNO2/c1-12(2,7-16)15(3)11(17)10-8(13)5-4-6-9(10)14/h4-6,16H,7H2,1-3H3. The molecular weight excluding hydrogens is 245 g/mol. The third-order valence-corrected chi connectivity index (χ3v) is 3.09. The maximum atomic E-state index is 13.6. The fourth-order valence-electron chi connectivity index (χ4n) is 1.25. The van der Waals surface area contributed by atoms with Crippen LogP contribution in [0.5, 0.6) is 0 Å². The van der Waals surface area contributed by atoms with E-state index in [-0.39, 0.29) is 17.2 Å². The Bertz CT molecular complexity index is 414. The Balaban J connectivity index is 3.14. The third-order valence-electron chi connectivity index (χ3n) is 2.78. The van der Waals surface area contributed by atoms with Crippen molar-refractivity contribution in [1.82, 2.24) is 4.90 Å². The van der Waals surface area contributed by atoms with E-state index in [1.54, 1.807) is 13.8 Å². The van der Waals surface area contributed by atoms with Crippen LogP contribution in [0.4, 0.5) is 4.39 Å². The van der Waals surface area contributed by atoms with Crippen LogP contribution >= 0.6 is 11.6 Å². The van der Waals surface area contributed by atoms with E-state index in [1.165, 1.54) is 30.1 Å². The van der Waals surface area contributed by atoms with E-state index < -0.39 is 17.3 Å². The lowest BCUT2D eigenvalue weighted by atomic mass is 10.0. The molecule has 0 radical (unpaired) electrons. The Kier molecular flexibility index (Phi) is 4.11. The van der Waals surface area contributed by atoms with Crippen LogP contribution in [0.15, 0.2) is 18.2 Å². The second kappa shape index (κ2) is 5.02. The molecule has 0 heterocycles. The molecule has 0 unspecified atom stereocenters. The van der Waals surface area contributed by atoms with E-state index in [1.807, 2.05) is 0 Å². The zero-order chi connectivity index (χ0) is 13.2. The van der Waals surface area contributed by atoms with Gasteiger partial charge in [0, 0.05) is 7.05 Å². The zero-order valence-electron chi connectivity index (χ0n) is 10.00. The van der Waals surface area contributed by atoms with Crippen LogP contribution in [0.2, 0.25) is 5.02 Å². The maximum Gasteiger partial charge on any atom is 0.258 e. The molecule has 0 aliphatic rings. The molecule has 0 atom stereocenters. The first-order chi connectivity index (χ1) is 7.81. The van der Waals surface area contributed by atoms with Crippen molar-refractivity contribution in [3.63, 3.8) is 0 Å². The van der Waals surface area contributed by atoms with Crippen LogP contribution in [0.25, 0.3) is 0 Å². The minimum Gasteiger partial charge on any atom is -0.394 e. The van der Waals surface area contributed by atoms with Gasteiger partial charge in [-0.2, -0.15) is 0 Å². The molecule has 5 heteroatoms. The molecule has 0 bridgehead atoms. The molecule has 0 saturated heterocycles. The lowest BCUT2D eigenvalue weighted by Crippen LogP contribution is -2.47. The molecular formula is C12H15ClFNO2. The summed E-state index contributed by atoms with van der Waals surface area (Å²) in [5, 5.41) is 9.24. The molecule has 0 aliphatic carbocycles. The minimum absolute atomic E-state index is 0.0654. The van der Waals surface area contributed by atoms with Gasteiger partial charge >= 0.3 is 0 Å². The minimum atomic E-state index is -0.775. The number of hydrogen-bond acceptors (Lipinski definition) is 2. The molecule has 0 aliphatic heterocycles. The summed E-state index contributed by atoms with van der Waals surface area (Å²) >= 11 is 5.81. The highest BCUT2D eigenvalue weighted by Gasteiger charge is 2.30. The Morgan fingerprint density at radius 3 is 2.59 bits per heavy atom. The summed E-state index contributed by atoms with van der Waals surface area (Å²) in [7, 11) is 1.50. The van der Waals surface area contributed by atoms with Gasteiger partial charge < -0.3 is 10.0 Å². The Morgan fingerprint density at radius 1 is 1.53 bits per heavy atom. The van der Waals surface area contributed by atoms with Crippen molar-refractivity contribution < 1.29 is 14.3 Å². The number of rotatable bonds is 3. The number of carbonyl (C=O) groups excluding carboxylic acids is 1. The summed E-state index contributed by atoms with van der Waals surface area (Å²) in [4.78, 5) is 13.4. The van der Waals surface area contributed by atoms with E-state index in [0.717, 1.165) is 0 Å². The number of carbonyl (C=O) groups is 1. The van der Waals surface area contributed by atoms with Gasteiger partial charge in [0.25, 0.3) is 5.91 Å². The third kappa shape index (κ3) is 2.76. The van der Waals surface area contributed by atoms with Gasteiger partial charge in [-0.25, -0.2) is 4.39 Å².